The number of ketones is 1. The van der Waals surface area contributed by atoms with Gasteiger partial charge in [-0.15, -0.1) is 0 Å². The Labute approximate surface area is 80.9 Å². The number of pyridine rings is 1. The first-order valence-corrected chi connectivity index (χ1v) is 4.10. The summed E-state index contributed by atoms with van der Waals surface area (Å²) in [5, 5.41) is 10.7. The van der Waals surface area contributed by atoms with Gasteiger partial charge < -0.3 is 0 Å². The number of aryl methyl sites for hydroxylation is 1. The van der Waals surface area contributed by atoms with Crippen LogP contribution >= 0.6 is 0 Å². The van der Waals surface area contributed by atoms with Crippen LogP contribution in [-0.4, -0.2) is 15.7 Å². The number of rotatable bonds is 3. The average molecular weight is 194 g/mol. The van der Waals surface area contributed by atoms with Crippen LogP contribution in [-0.2, 0) is 11.2 Å². The SMILES string of the molecule is CC(=O)Cc1ccnc(C)c1[N+](=O)[O-]. The second kappa shape index (κ2) is 3.95. The topological polar surface area (TPSA) is 73.1 Å². The molecule has 0 aliphatic rings. The Kier molecular flexibility index (Phi) is 2.91. The van der Waals surface area contributed by atoms with Gasteiger partial charge in [0.05, 0.1) is 4.92 Å². The number of aromatic nitrogens is 1. The van der Waals surface area contributed by atoms with Gasteiger partial charge in [-0.3, -0.25) is 19.9 Å². The molecule has 5 nitrogen and oxygen atoms in total. The van der Waals surface area contributed by atoms with Crippen LogP contribution in [0.3, 0.4) is 0 Å². The predicted molar refractivity (Wildman–Crippen MR) is 50.0 cm³/mol. The van der Waals surface area contributed by atoms with Gasteiger partial charge in [0.2, 0.25) is 0 Å². The number of Topliss-reactive ketones (excluding diaryl/α,β-unsaturated/α-hetero) is 1. The summed E-state index contributed by atoms with van der Waals surface area (Å²) in [5.74, 6) is -0.0984. The largest absolute Gasteiger partial charge is 0.300 e. The van der Waals surface area contributed by atoms with E-state index in [-0.39, 0.29) is 17.9 Å². The molecular weight excluding hydrogens is 184 g/mol. The minimum absolute atomic E-state index is 0.0531. The van der Waals surface area contributed by atoms with Crippen molar-refractivity contribution in [3.05, 3.63) is 33.6 Å². The molecule has 5 heteroatoms. The quantitative estimate of drug-likeness (QED) is 0.539. The number of nitro groups is 1. The Bertz CT molecular complexity index is 388. The minimum Gasteiger partial charge on any atom is -0.300 e. The van der Waals surface area contributed by atoms with Crippen molar-refractivity contribution in [2.75, 3.05) is 0 Å². The van der Waals surface area contributed by atoms with E-state index in [1.54, 1.807) is 6.92 Å². The summed E-state index contributed by atoms with van der Waals surface area (Å²) < 4.78 is 0. The summed E-state index contributed by atoms with van der Waals surface area (Å²) in [5.41, 5.74) is 0.714. The molecule has 14 heavy (non-hydrogen) atoms. The van der Waals surface area contributed by atoms with Gasteiger partial charge in [-0.2, -0.15) is 0 Å². The summed E-state index contributed by atoms with van der Waals surface area (Å²) in [6, 6.07) is 1.51. The maximum absolute atomic E-state index is 10.9. The van der Waals surface area contributed by atoms with Crippen LogP contribution in [0.5, 0.6) is 0 Å². The number of nitrogens with zero attached hydrogens (tertiary/aromatic N) is 2. The molecular formula is C9H10N2O3. The zero-order valence-corrected chi connectivity index (χ0v) is 7.98. The van der Waals surface area contributed by atoms with Gasteiger partial charge in [0, 0.05) is 18.2 Å². The maximum Gasteiger partial charge on any atom is 0.294 e. The van der Waals surface area contributed by atoms with Crippen LogP contribution in [0, 0.1) is 17.0 Å². The van der Waals surface area contributed by atoms with Gasteiger partial charge in [-0.25, -0.2) is 0 Å². The highest BCUT2D eigenvalue weighted by Gasteiger charge is 2.18. The van der Waals surface area contributed by atoms with E-state index in [2.05, 4.69) is 4.98 Å². The smallest absolute Gasteiger partial charge is 0.294 e. The van der Waals surface area contributed by atoms with Gasteiger partial charge >= 0.3 is 0 Å². The maximum atomic E-state index is 10.9. The van der Waals surface area contributed by atoms with Crippen molar-refractivity contribution in [1.29, 1.82) is 0 Å². The van der Waals surface area contributed by atoms with E-state index in [4.69, 9.17) is 0 Å². The molecule has 0 aromatic carbocycles. The van der Waals surface area contributed by atoms with E-state index in [9.17, 15) is 14.9 Å². The molecule has 0 saturated heterocycles. The standard InChI is InChI=1S/C9H10N2O3/c1-6(12)5-8-3-4-10-7(2)9(8)11(13)14/h3-4H,5H2,1-2H3. The molecule has 0 N–H and O–H groups in total. The molecule has 0 unspecified atom stereocenters. The second-order valence-corrected chi connectivity index (χ2v) is 3.04. The van der Waals surface area contributed by atoms with E-state index in [0.717, 1.165) is 0 Å². The predicted octanol–water partition coefficient (Wildman–Crippen LogP) is 1.43. The van der Waals surface area contributed by atoms with Crippen LogP contribution < -0.4 is 0 Å². The molecule has 0 aliphatic heterocycles. The van der Waals surface area contributed by atoms with Crippen molar-refractivity contribution in [2.24, 2.45) is 0 Å². The van der Waals surface area contributed by atoms with Crippen LogP contribution in [0.25, 0.3) is 0 Å². The minimum atomic E-state index is -0.499. The molecule has 0 amide bonds. The lowest BCUT2D eigenvalue weighted by molar-refractivity contribution is -0.386. The Hall–Kier alpha value is -1.78. The lowest BCUT2D eigenvalue weighted by Gasteiger charge is -2.01. The molecule has 1 aromatic heterocycles. The molecule has 1 heterocycles. The molecule has 0 atom stereocenters. The third-order valence-electron chi connectivity index (χ3n) is 1.81. The van der Waals surface area contributed by atoms with Gasteiger partial charge in [0.15, 0.2) is 0 Å². The van der Waals surface area contributed by atoms with Crippen molar-refractivity contribution in [2.45, 2.75) is 20.3 Å². The first kappa shape index (κ1) is 10.3. The van der Waals surface area contributed by atoms with E-state index >= 15 is 0 Å². The third kappa shape index (κ3) is 2.12. The van der Waals surface area contributed by atoms with Gasteiger partial charge in [-0.1, -0.05) is 0 Å². The number of carbonyl (C=O) groups excluding carboxylic acids is 1. The Morgan fingerprint density at radius 3 is 2.79 bits per heavy atom. The summed E-state index contributed by atoms with van der Waals surface area (Å²) in [4.78, 5) is 24.9. The summed E-state index contributed by atoms with van der Waals surface area (Å²) in [6.45, 7) is 2.96. The van der Waals surface area contributed by atoms with E-state index in [1.165, 1.54) is 19.2 Å². The van der Waals surface area contributed by atoms with Gasteiger partial charge in [-0.05, 0) is 19.9 Å². The van der Waals surface area contributed by atoms with Crippen molar-refractivity contribution in [3.8, 4) is 0 Å². The molecule has 1 rings (SSSR count). The number of hydrogen-bond acceptors (Lipinski definition) is 4. The highest BCUT2D eigenvalue weighted by molar-refractivity contribution is 5.79. The fourth-order valence-corrected chi connectivity index (χ4v) is 1.27. The lowest BCUT2D eigenvalue weighted by atomic mass is 10.1. The van der Waals surface area contributed by atoms with Gasteiger partial charge in [0.1, 0.15) is 11.5 Å². The van der Waals surface area contributed by atoms with Crippen LogP contribution in [0.15, 0.2) is 12.3 Å². The first-order chi connectivity index (χ1) is 6.52. The normalized spacial score (nSPS) is 9.86. The van der Waals surface area contributed by atoms with E-state index in [0.29, 0.717) is 11.3 Å². The summed E-state index contributed by atoms with van der Waals surface area (Å²) >= 11 is 0. The Morgan fingerprint density at radius 2 is 2.29 bits per heavy atom. The van der Waals surface area contributed by atoms with Crippen LogP contribution in [0.1, 0.15) is 18.2 Å². The fraction of sp³-hybridized carbons (Fsp3) is 0.333. The lowest BCUT2D eigenvalue weighted by Crippen LogP contribution is -2.04. The molecule has 0 fully saturated rings. The Morgan fingerprint density at radius 1 is 1.64 bits per heavy atom. The zero-order valence-electron chi connectivity index (χ0n) is 7.98. The molecule has 0 aliphatic carbocycles. The number of hydrogen-bond donors (Lipinski definition) is 0. The second-order valence-electron chi connectivity index (χ2n) is 3.04. The van der Waals surface area contributed by atoms with Crippen molar-refractivity contribution in [1.82, 2.24) is 4.98 Å². The molecule has 0 saturated carbocycles. The molecule has 74 valence electrons. The molecule has 0 radical (unpaired) electrons. The number of carbonyl (C=O) groups is 1. The molecule has 1 aromatic rings. The van der Waals surface area contributed by atoms with E-state index < -0.39 is 4.92 Å². The zero-order chi connectivity index (χ0) is 10.7. The highest BCUT2D eigenvalue weighted by Crippen LogP contribution is 2.21. The van der Waals surface area contributed by atoms with E-state index in [1.807, 2.05) is 0 Å². The van der Waals surface area contributed by atoms with Crippen LogP contribution in [0.4, 0.5) is 5.69 Å². The molecule has 0 spiro atoms. The first-order valence-electron chi connectivity index (χ1n) is 4.10. The van der Waals surface area contributed by atoms with Crippen molar-refractivity contribution in [3.63, 3.8) is 0 Å². The third-order valence-corrected chi connectivity index (χ3v) is 1.81. The van der Waals surface area contributed by atoms with Gasteiger partial charge in [0.25, 0.3) is 5.69 Å². The fourth-order valence-electron chi connectivity index (χ4n) is 1.27. The summed E-state index contributed by atoms with van der Waals surface area (Å²) in [7, 11) is 0. The Balaban J connectivity index is 3.21. The average Bonchev–Trinajstić information content (AvgIpc) is 2.01. The highest BCUT2D eigenvalue weighted by atomic mass is 16.6. The van der Waals surface area contributed by atoms with Crippen molar-refractivity contribution < 1.29 is 9.72 Å². The molecule has 0 bridgehead atoms. The van der Waals surface area contributed by atoms with Crippen LogP contribution in [0.2, 0.25) is 0 Å². The summed E-state index contributed by atoms with van der Waals surface area (Å²) in [6.07, 6.45) is 1.56. The van der Waals surface area contributed by atoms with Crippen molar-refractivity contribution >= 4 is 11.5 Å². The monoisotopic (exact) mass is 194 g/mol.